The van der Waals surface area contributed by atoms with Crippen molar-refractivity contribution in [3.8, 4) is 11.5 Å². The van der Waals surface area contributed by atoms with Gasteiger partial charge in [-0.05, 0) is 41.4 Å². The number of carbonyl (C=O) groups is 1. The fourth-order valence-corrected chi connectivity index (χ4v) is 3.33. The maximum atomic E-state index is 12.1. The molecular weight excluding hydrogens is 478 g/mol. The maximum absolute atomic E-state index is 12.1. The van der Waals surface area contributed by atoms with Crippen LogP contribution >= 0.6 is 11.6 Å². The lowest BCUT2D eigenvalue weighted by Gasteiger charge is -2.13. The third kappa shape index (κ3) is 7.41. The fourth-order valence-electron chi connectivity index (χ4n) is 3.18. The molecule has 3 aromatic rings. The molecule has 184 valence electrons. The number of carbonyl (C=O) groups excluding carboxylic acids is 1. The number of aromatic amines is 1. The molecule has 0 saturated heterocycles. The first kappa shape index (κ1) is 24.5. The third-order valence-electron chi connectivity index (χ3n) is 4.83. The van der Waals surface area contributed by atoms with Crippen molar-refractivity contribution < 1.29 is 23.7 Å². The van der Waals surface area contributed by atoms with E-state index in [9.17, 15) is 9.59 Å². The number of aromatic nitrogens is 3. The molecule has 3 heterocycles. The molecule has 0 unspecified atom stereocenters. The topological polar surface area (TPSA) is 137 Å². The summed E-state index contributed by atoms with van der Waals surface area (Å²) in [6, 6.07) is 12.2. The summed E-state index contributed by atoms with van der Waals surface area (Å²) in [7, 11) is 0. The van der Waals surface area contributed by atoms with Gasteiger partial charge in [0.1, 0.15) is 24.7 Å². The van der Waals surface area contributed by atoms with Crippen LogP contribution in [0, 0.1) is 0 Å². The Morgan fingerprint density at radius 3 is 2.34 bits per heavy atom. The van der Waals surface area contributed by atoms with Gasteiger partial charge >= 0.3 is 5.69 Å². The number of anilines is 3. The predicted octanol–water partition coefficient (Wildman–Crippen LogP) is 2.70. The first-order valence-electron chi connectivity index (χ1n) is 10.9. The lowest BCUT2D eigenvalue weighted by molar-refractivity contribution is 0.0273. The molecule has 35 heavy (non-hydrogen) atoms. The maximum Gasteiger partial charge on any atom is 0.351 e. The summed E-state index contributed by atoms with van der Waals surface area (Å²) in [6.45, 7) is 2.51. The second-order valence-corrected chi connectivity index (χ2v) is 7.70. The van der Waals surface area contributed by atoms with Crippen molar-refractivity contribution in [2.24, 2.45) is 0 Å². The van der Waals surface area contributed by atoms with Gasteiger partial charge < -0.3 is 29.6 Å². The Hall–Kier alpha value is -3.67. The van der Waals surface area contributed by atoms with Gasteiger partial charge in [-0.1, -0.05) is 12.1 Å². The number of rotatable bonds is 1. The lowest BCUT2D eigenvalue weighted by Crippen LogP contribution is -2.18. The van der Waals surface area contributed by atoms with Gasteiger partial charge in [0, 0.05) is 18.3 Å². The average molecular weight is 502 g/mol. The second kappa shape index (κ2) is 12.2. The van der Waals surface area contributed by atoms with Crippen LogP contribution in [0.3, 0.4) is 0 Å². The van der Waals surface area contributed by atoms with Gasteiger partial charge in [0.25, 0.3) is 5.24 Å². The molecule has 2 aromatic carbocycles. The molecule has 0 aliphatic carbocycles. The minimum absolute atomic E-state index is 0.147. The Kier molecular flexibility index (Phi) is 8.49. The van der Waals surface area contributed by atoms with Crippen molar-refractivity contribution >= 4 is 34.4 Å². The van der Waals surface area contributed by atoms with Crippen molar-refractivity contribution in [2.75, 3.05) is 50.3 Å². The first-order chi connectivity index (χ1) is 17.1. The van der Waals surface area contributed by atoms with Gasteiger partial charge in [-0.2, -0.15) is 9.97 Å². The quantitative estimate of drug-likeness (QED) is 0.337. The highest BCUT2D eigenvalue weighted by Gasteiger charge is 2.13. The van der Waals surface area contributed by atoms with E-state index in [2.05, 4.69) is 25.6 Å². The highest BCUT2D eigenvalue weighted by Crippen LogP contribution is 2.26. The molecule has 0 radical (unpaired) electrons. The van der Waals surface area contributed by atoms with E-state index in [1.165, 1.54) is 6.07 Å². The normalized spacial score (nSPS) is 15.1. The Balaban J connectivity index is 1.55. The van der Waals surface area contributed by atoms with Gasteiger partial charge in [0.2, 0.25) is 11.9 Å². The van der Waals surface area contributed by atoms with Crippen molar-refractivity contribution in [1.82, 2.24) is 15.0 Å². The predicted molar refractivity (Wildman–Crippen MR) is 129 cm³/mol. The zero-order valence-corrected chi connectivity index (χ0v) is 19.5. The number of hydrogen-bond donors (Lipinski definition) is 3. The molecule has 5 rings (SSSR count). The second-order valence-electron chi connectivity index (χ2n) is 7.35. The zero-order valence-electron chi connectivity index (χ0n) is 18.7. The SMILES string of the molecule is O=C(Cl)c1ccc2cc1OCCOCCOCCOc1ccc(cc1)CNc1nc([nH]c(=O)n1)N2. The molecule has 0 atom stereocenters. The van der Waals surface area contributed by atoms with Crippen molar-refractivity contribution in [1.29, 1.82) is 0 Å². The van der Waals surface area contributed by atoms with Crippen LogP contribution < -0.4 is 25.8 Å². The van der Waals surface area contributed by atoms with Crippen LogP contribution in [0.15, 0.2) is 47.3 Å². The van der Waals surface area contributed by atoms with Gasteiger partial charge in [-0.25, -0.2) is 4.79 Å². The highest BCUT2D eigenvalue weighted by molar-refractivity contribution is 6.68. The summed E-state index contributed by atoms with van der Waals surface area (Å²) in [5.41, 5.74) is 1.09. The van der Waals surface area contributed by atoms with Crippen LogP contribution in [0.5, 0.6) is 11.5 Å². The van der Waals surface area contributed by atoms with Crippen LogP contribution in [0.4, 0.5) is 17.6 Å². The fraction of sp³-hybridized carbons (Fsp3) is 0.304. The Labute approximate surface area is 205 Å². The van der Waals surface area contributed by atoms with Crippen LogP contribution in [-0.4, -0.2) is 59.8 Å². The minimum Gasteiger partial charge on any atom is -0.491 e. The molecule has 0 amide bonds. The van der Waals surface area contributed by atoms with E-state index in [0.717, 1.165) is 11.3 Å². The van der Waals surface area contributed by atoms with E-state index >= 15 is 0 Å². The molecular formula is C23H24ClN5O6. The van der Waals surface area contributed by atoms with Crippen molar-refractivity contribution in [2.45, 2.75) is 6.54 Å². The van der Waals surface area contributed by atoms with E-state index in [1.807, 2.05) is 24.3 Å². The molecule has 1 aromatic heterocycles. The largest absolute Gasteiger partial charge is 0.491 e. The van der Waals surface area contributed by atoms with Gasteiger partial charge in [-0.3, -0.25) is 9.78 Å². The average Bonchev–Trinajstić information content (AvgIpc) is 2.84. The molecule has 12 heteroatoms. The number of H-pyrrole nitrogens is 1. The molecule has 11 nitrogen and oxygen atoms in total. The van der Waals surface area contributed by atoms with Gasteiger partial charge in [-0.15, -0.1) is 0 Å². The third-order valence-corrected chi connectivity index (χ3v) is 5.04. The van der Waals surface area contributed by atoms with Crippen molar-refractivity contribution in [3.05, 3.63) is 64.1 Å². The van der Waals surface area contributed by atoms with Gasteiger partial charge in [0.05, 0.1) is 32.0 Å². The monoisotopic (exact) mass is 501 g/mol. The van der Waals surface area contributed by atoms with Crippen molar-refractivity contribution in [3.63, 3.8) is 0 Å². The van der Waals surface area contributed by atoms with E-state index < -0.39 is 10.9 Å². The van der Waals surface area contributed by atoms with Crippen LogP contribution in [0.25, 0.3) is 0 Å². The summed E-state index contributed by atoms with van der Waals surface area (Å²) >= 11 is 5.69. The van der Waals surface area contributed by atoms with E-state index in [-0.39, 0.29) is 36.4 Å². The molecule has 2 aliphatic rings. The Morgan fingerprint density at radius 2 is 1.60 bits per heavy atom. The summed E-state index contributed by atoms with van der Waals surface area (Å²) < 4.78 is 22.4. The number of fused-ring (bicyclic) bond motifs is 12. The molecule has 0 spiro atoms. The van der Waals surface area contributed by atoms with Crippen LogP contribution in [0.2, 0.25) is 0 Å². The molecule has 3 N–H and O–H groups in total. The first-order valence-corrected chi connectivity index (χ1v) is 11.3. The number of nitrogens with one attached hydrogen (secondary N) is 3. The Morgan fingerprint density at radius 1 is 0.886 bits per heavy atom. The number of benzene rings is 2. The number of halogens is 1. The summed E-state index contributed by atoms with van der Waals surface area (Å²) in [6.07, 6.45) is 0. The van der Waals surface area contributed by atoms with E-state index in [1.54, 1.807) is 12.1 Å². The van der Waals surface area contributed by atoms with Crippen LogP contribution in [-0.2, 0) is 16.0 Å². The molecule has 2 aliphatic heterocycles. The zero-order chi connectivity index (χ0) is 24.5. The smallest absolute Gasteiger partial charge is 0.351 e. The standard InChI is InChI=1S/C23H24ClN5O6/c24-20(30)18-6-3-16-13-19(18)35-12-10-33-8-7-32-9-11-34-17-4-1-15(2-5-17)14-25-21-27-22(26-16)29-23(31)28-21/h1-6,13H,7-12,14H2,(H3,25,26,27,28,29,31). The highest BCUT2D eigenvalue weighted by atomic mass is 35.5. The summed E-state index contributed by atoms with van der Waals surface area (Å²) in [4.78, 5) is 34.5. The van der Waals surface area contributed by atoms with Crippen LogP contribution in [0.1, 0.15) is 15.9 Å². The number of ether oxygens (including phenoxy) is 4. The van der Waals surface area contributed by atoms with E-state index in [0.29, 0.717) is 38.7 Å². The number of nitrogens with zero attached hydrogens (tertiary/aromatic N) is 2. The molecule has 0 fully saturated rings. The number of hydrogen-bond acceptors (Lipinski definition) is 10. The Bertz CT molecular complexity index is 1200. The molecule has 6 bridgehead atoms. The lowest BCUT2D eigenvalue weighted by atomic mass is 10.2. The summed E-state index contributed by atoms with van der Waals surface area (Å²) in [5.74, 6) is 1.30. The van der Waals surface area contributed by atoms with Gasteiger partial charge in [0.15, 0.2) is 0 Å². The van der Waals surface area contributed by atoms with E-state index in [4.69, 9.17) is 30.5 Å². The minimum atomic E-state index is -0.657. The summed E-state index contributed by atoms with van der Waals surface area (Å²) in [5, 5.41) is 5.36. The molecule has 0 saturated carbocycles.